The molecule has 2 atom stereocenters. The Morgan fingerprint density at radius 3 is 2.61 bits per heavy atom. The van der Waals surface area contributed by atoms with E-state index in [-0.39, 0.29) is 6.61 Å². The van der Waals surface area contributed by atoms with Gasteiger partial charge in [-0.15, -0.1) is 0 Å². The number of carbonyl (C=O) groups is 1. The molecular weight excluding hydrogens is 292 g/mol. The van der Waals surface area contributed by atoms with Gasteiger partial charge < -0.3 is 14.6 Å². The van der Waals surface area contributed by atoms with Crippen LogP contribution in [0.5, 0.6) is 11.5 Å². The summed E-state index contributed by atoms with van der Waals surface area (Å²) in [6.07, 6.45) is 0. The summed E-state index contributed by atoms with van der Waals surface area (Å²) in [5, 5.41) is 10.7. The second-order valence-electron chi connectivity index (χ2n) is 5.83. The Morgan fingerprint density at radius 2 is 1.87 bits per heavy atom. The molecule has 4 nitrogen and oxygen atoms in total. The number of hydrogen-bond donors (Lipinski definition) is 1. The van der Waals surface area contributed by atoms with Gasteiger partial charge in [0.25, 0.3) is 0 Å². The van der Waals surface area contributed by atoms with Gasteiger partial charge >= 0.3 is 5.97 Å². The largest absolute Gasteiger partial charge is 0.490 e. The van der Waals surface area contributed by atoms with Crippen molar-refractivity contribution < 1.29 is 19.4 Å². The van der Waals surface area contributed by atoms with Crippen LogP contribution in [0.2, 0.25) is 0 Å². The van der Waals surface area contributed by atoms with E-state index in [9.17, 15) is 9.90 Å². The minimum Gasteiger partial charge on any atom is -0.490 e. The average molecular weight is 310 g/mol. The van der Waals surface area contributed by atoms with E-state index >= 15 is 0 Å². The maximum absolute atomic E-state index is 12.7. The van der Waals surface area contributed by atoms with Crippen LogP contribution in [0, 0.1) is 5.92 Å². The molecule has 0 aliphatic carbocycles. The highest BCUT2D eigenvalue weighted by Gasteiger charge is 2.44. The first-order valence-electron chi connectivity index (χ1n) is 7.39. The van der Waals surface area contributed by atoms with Crippen molar-refractivity contribution in [1.82, 2.24) is 0 Å². The predicted molar refractivity (Wildman–Crippen MR) is 87.2 cm³/mol. The molecule has 118 valence electrons. The number of rotatable bonds is 2. The molecule has 1 heterocycles. The molecule has 0 radical (unpaired) electrons. The number of carbonyl (C=O) groups excluding carboxylic acids is 1. The zero-order chi connectivity index (χ0) is 16.4. The molecule has 0 bridgehead atoms. The zero-order valence-electron chi connectivity index (χ0n) is 12.9. The average Bonchev–Trinajstić information content (AvgIpc) is 2.63. The summed E-state index contributed by atoms with van der Waals surface area (Å²) in [5.41, 5.74) is -0.216. The smallest absolute Gasteiger partial charge is 0.321 e. The van der Waals surface area contributed by atoms with Crippen molar-refractivity contribution >= 4 is 11.5 Å². The lowest BCUT2D eigenvalue weighted by molar-refractivity contribution is -0.145. The molecule has 2 unspecified atom stereocenters. The van der Waals surface area contributed by atoms with Crippen molar-refractivity contribution in [1.29, 1.82) is 0 Å². The van der Waals surface area contributed by atoms with E-state index in [0.717, 1.165) is 0 Å². The Morgan fingerprint density at radius 1 is 1.22 bits per heavy atom. The lowest BCUT2D eigenvalue weighted by Crippen LogP contribution is -2.45. The first kappa shape index (κ1) is 15.3. The standard InChI is InChI=1S/C19H18O4/c1-13-15-10-6-7-11-16(15)22-12-19(2,21)17(13)18(20)23-14-8-4-3-5-9-14/h3-11,17,21H,1,12H2,2H3. The van der Waals surface area contributed by atoms with Crippen molar-refractivity contribution in [3.8, 4) is 11.5 Å². The van der Waals surface area contributed by atoms with Gasteiger partial charge in [-0.3, -0.25) is 4.79 Å². The molecule has 0 amide bonds. The minimum absolute atomic E-state index is 0.0163. The van der Waals surface area contributed by atoms with Gasteiger partial charge in [-0.1, -0.05) is 43.0 Å². The van der Waals surface area contributed by atoms with E-state index in [4.69, 9.17) is 9.47 Å². The monoisotopic (exact) mass is 310 g/mol. The van der Waals surface area contributed by atoms with Crippen LogP contribution in [-0.2, 0) is 4.79 Å². The third-order valence-electron chi connectivity index (χ3n) is 3.92. The SMILES string of the molecule is C=C1c2ccccc2OCC(C)(O)C1C(=O)Oc1ccccc1. The van der Waals surface area contributed by atoms with Crippen LogP contribution in [-0.4, -0.2) is 23.3 Å². The maximum Gasteiger partial charge on any atom is 0.321 e. The lowest BCUT2D eigenvalue weighted by Gasteiger charge is -2.29. The minimum atomic E-state index is -1.41. The number of esters is 1. The highest BCUT2D eigenvalue weighted by atomic mass is 16.5. The van der Waals surface area contributed by atoms with E-state index in [2.05, 4.69) is 6.58 Å². The van der Waals surface area contributed by atoms with Crippen LogP contribution >= 0.6 is 0 Å². The van der Waals surface area contributed by atoms with Crippen molar-refractivity contribution in [3.05, 3.63) is 66.7 Å². The summed E-state index contributed by atoms with van der Waals surface area (Å²) in [5.74, 6) is -0.426. The molecule has 0 saturated heterocycles. The predicted octanol–water partition coefficient (Wildman–Crippen LogP) is 3.07. The third kappa shape index (κ3) is 2.98. The molecule has 1 N–H and O–H groups in total. The van der Waals surface area contributed by atoms with Crippen molar-refractivity contribution in [2.75, 3.05) is 6.61 Å². The van der Waals surface area contributed by atoms with Crippen molar-refractivity contribution in [2.24, 2.45) is 5.92 Å². The van der Waals surface area contributed by atoms with Gasteiger partial charge in [-0.05, 0) is 30.7 Å². The maximum atomic E-state index is 12.7. The summed E-state index contributed by atoms with van der Waals surface area (Å²) in [6.45, 7) is 5.55. The third-order valence-corrected chi connectivity index (χ3v) is 3.92. The highest BCUT2D eigenvalue weighted by molar-refractivity contribution is 5.92. The molecule has 0 fully saturated rings. The molecule has 2 aromatic carbocycles. The molecule has 0 spiro atoms. The van der Waals surface area contributed by atoms with Crippen LogP contribution in [0.15, 0.2) is 61.2 Å². The van der Waals surface area contributed by atoms with Gasteiger partial charge in [0.2, 0.25) is 0 Å². The quantitative estimate of drug-likeness (QED) is 0.684. The first-order chi connectivity index (χ1) is 11.0. The van der Waals surface area contributed by atoms with Crippen molar-refractivity contribution in [3.63, 3.8) is 0 Å². The zero-order valence-corrected chi connectivity index (χ0v) is 12.9. The second-order valence-corrected chi connectivity index (χ2v) is 5.83. The molecule has 23 heavy (non-hydrogen) atoms. The van der Waals surface area contributed by atoms with Crippen LogP contribution in [0.1, 0.15) is 12.5 Å². The Balaban J connectivity index is 1.95. The van der Waals surface area contributed by atoms with Crippen LogP contribution in [0.4, 0.5) is 0 Å². The topological polar surface area (TPSA) is 55.8 Å². The van der Waals surface area contributed by atoms with Crippen molar-refractivity contribution in [2.45, 2.75) is 12.5 Å². The summed E-state index contributed by atoms with van der Waals surface area (Å²) >= 11 is 0. The first-order valence-corrected chi connectivity index (χ1v) is 7.39. The Hall–Kier alpha value is -2.59. The number of fused-ring (bicyclic) bond motifs is 1. The van der Waals surface area contributed by atoms with Gasteiger partial charge in [0.05, 0.1) is 0 Å². The number of para-hydroxylation sites is 2. The van der Waals surface area contributed by atoms with E-state index in [1.165, 1.54) is 0 Å². The van der Waals surface area contributed by atoms with Crippen LogP contribution < -0.4 is 9.47 Å². The Kier molecular flexibility index (Phi) is 3.92. The molecule has 3 rings (SSSR count). The highest BCUT2D eigenvalue weighted by Crippen LogP contribution is 2.39. The van der Waals surface area contributed by atoms with Crippen LogP contribution in [0.25, 0.3) is 5.57 Å². The fourth-order valence-electron chi connectivity index (χ4n) is 2.76. The fourth-order valence-corrected chi connectivity index (χ4v) is 2.76. The Labute approximate surface area is 135 Å². The summed E-state index contributed by atoms with van der Waals surface area (Å²) in [6, 6.07) is 16.1. The summed E-state index contributed by atoms with van der Waals surface area (Å²) < 4.78 is 11.1. The summed E-state index contributed by atoms with van der Waals surface area (Å²) in [4.78, 5) is 12.7. The molecule has 0 aromatic heterocycles. The fraction of sp³-hybridized carbons (Fsp3) is 0.211. The number of benzene rings is 2. The van der Waals surface area contributed by atoms with Gasteiger partial charge in [0.1, 0.15) is 29.6 Å². The molecule has 1 aliphatic heterocycles. The molecular formula is C19H18O4. The normalized spacial score (nSPS) is 23.4. The molecule has 0 saturated carbocycles. The van der Waals surface area contributed by atoms with Gasteiger partial charge in [0.15, 0.2) is 0 Å². The second kappa shape index (κ2) is 5.89. The molecule has 1 aliphatic rings. The number of aliphatic hydroxyl groups is 1. The number of hydrogen-bond acceptors (Lipinski definition) is 4. The van der Waals surface area contributed by atoms with E-state index in [1.54, 1.807) is 37.3 Å². The van der Waals surface area contributed by atoms with E-state index in [0.29, 0.717) is 22.6 Å². The Bertz CT molecular complexity index is 734. The molecule has 2 aromatic rings. The molecule has 4 heteroatoms. The lowest BCUT2D eigenvalue weighted by atomic mass is 9.82. The number of ether oxygens (including phenoxy) is 2. The van der Waals surface area contributed by atoms with Crippen LogP contribution in [0.3, 0.4) is 0 Å². The van der Waals surface area contributed by atoms with Gasteiger partial charge in [-0.2, -0.15) is 0 Å². The summed E-state index contributed by atoms with van der Waals surface area (Å²) in [7, 11) is 0. The van der Waals surface area contributed by atoms with Gasteiger partial charge in [-0.25, -0.2) is 0 Å². The van der Waals surface area contributed by atoms with E-state index in [1.807, 2.05) is 24.3 Å². The van der Waals surface area contributed by atoms with Gasteiger partial charge in [0, 0.05) is 5.56 Å². The van der Waals surface area contributed by atoms with E-state index < -0.39 is 17.5 Å².